The zero-order valence-electron chi connectivity index (χ0n) is 15.9. The van der Waals surface area contributed by atoms with Gasteiger partial charge in [-0.05, 0) is 37.2 Å². The summed E-state index contributed by atoms with van der Waals surface area (Å²) in [7, 11) is -4.00. The molecule has 2 aliphatic heterocycles. The number of hydrogen-bond donors (Lipinski definition) is 3. The van der Waals surface area contributed by atoms with Crippen LogP contribution in [0.4, 0.5) is 5.82 Å². The molecule has 3 rings (SSSR count). The minimum atomic E-state index is -4.00. The SMILES string of the molecule is O=C1C(C(O)CC2OC(Cl)CN2CCCCS(=O)(=O)O)NC(=S)N1c1ccccn1. The number of hydrogen-bond acceptors (Lipinski definition) is 8. The van der Waals surface area contributed by atoms with Crippen molar-refractivity contribution in [1.29, 1.82) is 0 Å². The van der Waals surface area contributed by atoms with Gasteiger partial charge in [0.25, 0.3) is 16.0 Å². The summed E-state index contributed by atoms with van der Waals surface area (Å²) in [5, 5.41) is 13.7. The van der Waals surface area contributed by atoms with E-state index in [2.05, 4.69) is 10.3 Å². The minimum Gasteiger partial charge on any atom is -0.390 e. The Balaban J connectivity index is 1.58. The molecule has 2 saturated heterocycles. The van der Waals surface area contributed by atoms with Crippen molar-refractivity contribution >= 4 is 50.8 Å². The number of aromatic nitrogens is 1. The maximum atomic E-state index is 12.8. The van der Waals surface area contributed by atoms with Gasteiger partial charge in [0.05, 0.1) is 11.9 Å². The Hall–Kier alpha value is -1.41. The van der Waals surface area contributed by atoms with E-state index in [1.54, 1.807) is 24.4 Å². The number of nitrogens with zero attached hydrogens (tertiary/aromatic N) is 3. The van der Waals surface area contributed by atoms with Crippen molar-refractivity contribution in [2.75, 3.05) is 23.7 Å². The van der Waals surface area contributed by atoms with Gasteiger partial charge in [0.2, 0.25) is 0 Å². The lowest BCUT2D eigenvalue weighted by Crippen LogP contribution is -2.45. The Morgan fingerprint density at radius 3 is 2.83 bits per heavy atom. The fraction of sp³-hybridized carbons (Fsp3) is 0.588. The lowest BCUT2D eigenvalue weighted by atomic mass is 10.1. The van der Waals surface area contributed by atoms with Crippen molar-refractivity contribution in [1.82, 2.24) is 15.2 Å². The van der Waals surface area contributed by atoms with Gasteiger partial charge in [0.15, 0.2) is 5.11 Å². The number of carbonyl (C=O) groups excluding carboxylic acids is 1. The fourth-order valence-electron chi connectivity index (χ4n) is 3.45. The standard InChI is InChI=1S/C17H23ClN4O6S2/c18-12-10-21(7-3-4-8-30(25,26)27)14(28-12)9-11(23)15-16(24)22(17(29)20-15)13-5-1-2-6-19-13/h1-2,5-6,11-12,14-15,23H,3-4,7-10H2,(H,20,29)(H,25,26,27). The summed E-state index contributed by atoms with van der Waals surface area (Å²) in [4.78, 5) is 20.0. The zero-order chi connectivity index (χ0) is 21.9. The van der Waals surface area contributed by atoms with E-state index in [4.69, 9.17) is 33.1 Å². The van der Waals surface area contributed by atoms with E-state index < -0.39 is 40.0 Å². The highest BCUT2D eigenvalue weighted by Gasteiger charge is 2.43. The summed E-state index contributed by atoms with van der Waals surface area (Å²) < 4.78 is 36.1. The van der Waals surface area contributed by atoms with Crippen molar-refractivity contribution < 1.29 is 27.6 Å². The van der Waals surface area contributed by atoms with Gasteiger partial charge in [0, 0.05) is 25.7 Å². The quantitative estimate of drug-likeness (QED) is 0.197. The first-order valence-corrected chi connectivity index (χ1v) is 11.8. The molecule has 1 aromatic heterocycles. The van der Waals surface area contributed by atoms with Crippen LogP contribution in [0, 0.1) is 0 Å². The third kappa shape index (κ3) is 5.84. The van der Waals surface area contributed by atoms with Gasteiger partial charge in [-0.15, -0.1) is 0 Å². The first-order valence-electron chi connectivity index (χ1n) is 9.38. The van der Waals surface area contributed by atoms with Crippen LogP contribution in [-0.2, 0) is 19.6 Å². The van der Waals surface area contributed by atoms with Gasteiger partial charge in [-0.2, -0.15) is 8.42 Å². The summed E-state index contributed by atoms with van der Waals surface area (Å²) in [6.07, 6.45) is 0.785. The highest BCUT2D eigenvalue weighted by molar-refractivity contribution is 7.85. The number of alkyl halides is 1. The molecule has 0 bridgehead atoms. The summed E-state index contributed by atoms with van der Waals surface area (Å²) in [5.41, 5.74) is -0.581. The average Bonchev–Trinajstić information content (AvgIpc) is 3.17. The van der Waals surface area contributed by atoms with Crippen LogP contribution in [0.15, 0.2) is 24.4 Å². The molecule has 0 aliphatic carbocycles. The lowest BCUT2D eigenvalue weighted by molar-refractivity contribution is -0.121. The van der Waals surface area contributed by atoms with E-state index in [0.717, 1.165) is 0 Å². The fourth-order valence-corrected chi connectivity index (χ4v) is 4.62. The number of carbonyl (C=O) groups is 1. The summed E-state index contributed by atoms with van der Waals surface area (Å²) in [6, 6.07) is 4.15. The summed E-state index contributed by atoms with van der Waals surface area (Å²) in [6.45, 7) is 0.871. The normalized spacial score (nSPS) is 26.2. The Bertz CT molecular complexity index is 874. The van der Waals surface area contributed by atoms with Gasteiger partial charge in [-0.3, -0.25) is 14.2 Å². The first-order chi connectivity index (χ1) is 14.2. The van der Waals surface area contributed by atoms with Gasteiger partial charge in [-0.25, -0.2) is 9.88 Å². The number of rotatable bonds is 9. The highest BCUT2D eigenvalue weighted by Crippen LogP contribution is 2.26. The van der Waals surface area contributed by atoms with Gasteiger partial charge < -0.3 is 15.2 Å². The van der Waals surface area contributed by atoms with Gasteiger partial charge >= 0.3 is 0 Å². The van der Waals surface area contributed by atoms with E-state index in [-0.39, 0.29) is 23.7 Å². The van der Waals surface area contributed by atoms with Crippen molar-refractivity contribution in [3.8, 4) is 0 Å². The molecular formula is C17H23ClN4O6S2. The van der Waals surface area contributed by atoms with Crippen LogP contribution >= 0.6 is 23.8 Å². The molecule has 30 heavy (non-hydrogen) atoms. The second kappa shape index (κ2) is 9.81. The Morgan fingerprint density at radius 2 is 2.17 bits per heavy atom. The number of nitrogens with one attached hydrogen (secondary N) is 1. The molecule has 3 heterocycles. The van der Waals surface area contributed by atoms with E-state index in [9.17, 15) is 18.3 Å². The number of ether oxygens (including phenoxy) is 1. The number of amides is 1. The lowest BCUT2D eigenvalue weighted by Gasteiger charge is -2.26. The van der Waals surface area contributed by atoms with Crippen molar-refractivity contribution in [3.05, 3.63) is 24.4 Å². The zero-order valence-corrected chi connectivity index (χ0v) is 18.3. The monoisotopic (exact) mass is 478 g/mol. The predicted octanol–water partition coefficient (Wildman–Crippen LogP) is 0.314. The van der Waals surface area contributed by atoms with Crippen LogP contribution in [0.1, 0.15) is 19.3 Å². The molecule has 2 fully saturated rings. The second-order valence-electron chi connectivity index (χ2n) is 7.08. The Morgan fingerprint density at radius 1 is 1.40 bits per heavy atom. The predicted molar refractivity (Wildman–Crippen MR) is 114 cm³/mol. The molecule has 0 saturated carbocycles. The van der Waals surface area contributed by atoms with Crippen molar-refractivity contribution in [3.63, 3.8) is 0 Å². The number of unbranched alkanes of at least 4 members (excludes halogenated alkanes) is 1. The number of thiocarbonyl (C=S) groups is 1. The maximum Gasteiger partial charge on any atom is 0.264 e. The van der Waals surface area contributed by atoms with E-state index in [0.29, 0.717) is 25.3 Å². The molecule has 0 radical (unpaired) electrons. The highest BCUT2D eigenvalue weighted by atomic mass is 35.5. The first kappa shape index (κ1) is 23.3. The Kier molecular flexibility index (Phi) is 7.61. The molecule has 4 unspecified atom stereocenters. The number of pyridine rings is 1. The van der Waals surface area contributed by atoms with Crippen LogP contribution in [-0.4, -0.2) is 81.8 Å². The Labute approximate surface area is 184 Å². The van der Waals surface area contributed by atoms with Crippen LogP contribution < -0.4 is 10.2 Å². The van der Waals surface area contributed by atoms with E-state index in [1.807, 2.05) is 4.90 Å². The molecule has 1 aromatic rings. The second-order valence-corrected chi connectivity index (χ2v) is 9.53. The number of anilines is 1. The van der Waals surface area contributed by atoms with E-state index in [1.165, 1.54) is 4.90 Å². The third-order valence-electron chi connectivity index (χ3n) is 4.86. The molecule has 3 N–H and O–H groups in total. The van der Waals surface area contributed by atoms with Crippen LogP contribution in [0.5, 0.6) is 0 Å². The average molecular weight is 479 g/mol. The topological polar surface area (TPSA) is 132 Å². The van der Waals surface area contributed by atoms with Crippen molar-refractivity contribution in [2.45, 2.75) is 43.2 Å². The molecule has 10 nitrogen and oxygen atoms in total. The minimum absolute atomic E-state index is 0.101. The van der Waals surface area contributed by atoms with Crippen molar-refractivity contribution in [2.24, 2.45) is 0 Å². The molecular weight excluding hydrogens is 456 g/mol. The molecule has 4 atom stereocenters. The summed E-state index contributed by atoms with van der Waals surface area (Å²) in [5.74, 6) is -0.361. The maximum absolute atomic E-state index is 12.8. The van der Waals surface area contributed by atoms with Crippen LogP contribution in [0.3, 0.4) is 0 Å². The molecule has 2 aliphatic rings. The smallest absolute Gasteiger partial charge is 0.264 e. The summed E-state index contributed by atoms with van der Waals surface area (Å²) >= 11 is 11.3. The number of halogens is 1. The van der Waals surface area contributed by atoms with Gasteiger partial charge in [-0.1, -0.05) is 17.7 Å². The molecule has 0 spiro atoms. The number of aliphatic hydroxyl groups is 1. The number of aliphatic hydroxyl groups excluding tert-OH is 1. The van der Waals surface area contributed by atoms with E-state index >= 15 is 0 Å². The molecule has 166 valence electrons. The molecule has 13 heteroatoms. The molecule has 0 aromatic carbocycles. The van der Waals surface area contributed by atoms with Crippen LogP contribution in [0.2, 0.25) is 0 Å². The van der Waals surface area contributed by atoms with Crippen LogP contribution in [0.25, 0.3) is 0 Å². The van der Waals surface area contributed by atoms with Gasteiger partial charge in [0.1, 0.15) is 23.7 Å². The third-order valence-corrected chi connectivity index (χ3v) is 6.21. The largest absolute Gasteiger partial charge is 0.390 e. The molecule has 1 amide bonds.